The molecular weight excluding hydrogens is 780 g/mol. The number of unbranched alkanes of at least 4 members (excludes halogenated alkanes) is 12. The van der Waals surface area contributed by atoms with E-state index in [0.29, 0.717) is 17.4 Å². The zero-order chi connectivity index (χ0) is 45.0. The van der Waals surface area contributed by atoms with Gasteiger partial charge in [0, 0.05) is 6.42 Å². The molecule has 2 N–H and O–H groups in total. The normalized spacial score (nSPS) is 15.2. The first kappa shape index (κ1) is 58.2. The lowest BCUT2D eigenvalue weighted by Crippen LogP contribution is -2.45. The lowest BCUT2D eigenvalue weighted by molar-refractivity contribution is -0.870. The van der Waals surface area contributed by atoms with E-state index in [-0.39, 0.29) is 12.5 Å². The number of aliphatic hydroxyl groups excluding tert-OH is 1. The molecule has 0 fully saturated rings. The minimum absolute atomic E-state index is 0.0152. The first-order valence-corrected chi connectivity index (χ1v) is 25.2. The lowest BCUT2D eigenvalue weighted by Gasteiger charge is -2.29. The highest BCUT2D eigenvalue weighted by Crippen LogP contribution is 2.38. The number of carbonyl (C=O) groups excluding carboxylic acids is 1. The van der Waals surface area contributed by atoms with Crippen LogP contribution in [0.1, 0.15) is 162 Å². The summed E-state index contributed by atoms with van der Waals surface area (Å²) >= 11 is 0. The van der Waals surface area contributed by atoms with E-state index >= 15 is 0 Å². The van der Waals surface area contributed by atoms with Crippen LogP contribution >= 0.6 is 7.82 Å². The third kappa shape index (κ3) is 45.0. The molecule has 3 atom stereocenters. The van der Waals surface area contributed by atoms with E-state index < -0.39 is 26.6 Å². The van der Waals surface area contributed by atoms with Crippen LogP contribution < -0.4 is 10.2 Å². The Bertz CT molecular complexity index is 1350. The average molecular weight is 869 g/mol. The van der Waals surface area contributed by atoms with Gasteiger partial charge in [0.05, 0.1) is 39.9 Å². The Kier molecular flexibility index (Phi) is 40.5. The molecule has 0 saturated heterocycles. The minimum Gasteiger partial charge on any atom is -0.756 e. The first-order chi connectivity index (χ1) is 29.5. The van der Waals surface area contributed by atoms with E-state index in [9.17, 15) is 19.4 Å². The number of phosphoric ester groups is 1. The molecule has 0 aromatic heterocycles. The van der Waals surface area contributed by atoms with Crippen molar-refractivity contribution in [1.82, 2.24) is 5.32 Å². The number of aliphatic hydroxyl groups is 1. The fraction of sp³-hybridized carbons (Fsp3) is 0.635. The topological polar surface area (TPSA) is 108 Å². The second kappa shape index (κ2) is 42.5. The molecule has 0 spiro atoms. The SMILES string of the molecule is CC/C=C\C/C=C\C/C=C\C/C=C\C/C=C\C/C=C\C/C=C\CCCCCCCCCC(=O)NC(COP(=O)([O-])OCC[N+](C)(C)C)C(O)/C=C/CC/C=C/CCCCCC. The summed E-state index contributed by atoms with van der Waals surface area (Å²) in [5.74, 6) is -0.227. The Morgan fingerprint density at radius 1 is 0.590 bits per heavy atom. The summed E-state index contributed by atoms with van der Waals surface area (Å²) in [5, 5.41) is 13.7. The van der Waals surface area contributed by atoms with Gasteiger partial charge in [-0.15, -0.1) is 0 Å². The quantitative estimate of drug-likeness (QED) is 0.0274. The number of quaternary nitrogens is 1. The van der Waals surface area contributed by atoms with Gasteiger partial charge in [0.15, 0.2) is 0 Å². The molecule has 0 aliphatic carbocycles. The lowest BCUT2D eigenvalue weighted by atomic mass is 10.1. The number of rotatable bonds is 41. The van der Waals surface area contributed by atoms with Crippen molar-refractivity contribution < 1.29 is 32.9 Å². The number of phosphoric acid groups is 1. The Balaban J connectivity index is 4.27. The summed E-state index contributed by atoms with van der Waals surface area (Å²) < 4.78 is 23.1. The molecule has 0 saturated carbocycles. The Morgan fingerprint density at radius 2 is 1.02 bits per heavy atom. The van der Waals surface area contributed by atoms with Crippen molar-refractivity contribution in [2.75, 3.05) is 40.9 Å². The van der Waals surface area contributed by atoms with Crippen molar-refractivity contribution in [2.45, 2.75) is 174 Å². The fourth-order valence-corrected chi connectivity index (χ4v) is 6.69. The van der Waals surface area contributed by atoms with Gasteiger partial charge in [-0.2, -0.15) is 0 Å². The van der Waals surface area contributed by atoms with E-state index in [1.54, 1.807) is 6.08 Å². The van der Waals surface area contributed by atoms with Gasteiger partial charge in [0.1, 0.15) is 13.2 Å². The number of nitrogens with zero attached hydrogens (tertiary/aromatic N) is 1. The maximum absolute atomic E-state index is 12.8. The fourth-order valence-electron chi connectivity index (χ4n) is 5.97. The summed E-state index contributed by atoms with van der Waals surface area (Å²) in [6.45, 7) is 4.43. The number of likely N-dealkylation sites (N-methyl/N-ethyl adjacent to an activating group) is 1. The zero-order valence-electron chi connectivity index (χ0n) is 39.3. The maximum atomic E-state index is 12.8. The molecule has 348 valence electrons. The number of amides is 1. The predicted octanol–water partition coefficient (Wildman–Crippen LogP) is 13.1. The van der Waals surface area contributed by atoms with Crippen LogP contribution in [-0.2, 0) is 18.4 Å². The highest BCUT2D eigenvalue weighted by Gasteiger charge is 2.23. The maximum Gasteiger partial charge on any atom is 0.268 e. The van der Waals surface area contributed by atoms with Gasteiger partial charge in [-0.1, -0.05) is 175 Å². The van der Waals surface area contributed by atoms with Crippen LogP contribution in [0.5, 0.6) is 0 Å². The molecule has 0 rings (SSSR count). The summed E-state index contributed by atoms with van der Waals surface area (Å²) in [6, 6.07) is -0.915. The van der Waals surface area contributed by atoms with Gasteiger partial charge < -0.3 is 28.8 Å². The highest BCUT2D eigenvalue weighted by molar-refractivity contribution is 7.45. The molecule has 0 aliphatic rings. The van der Waals surface area contributed by atoms with E-state index in [1.807, 2.05) is 27.2 Å². The summed E-state index contributed by atoms with van der Waals surface area (Å²) in [5.41, 5.74) is 0. The molecular formula is C52H89N2O6P. The predicted molar refractivity (Wildman–Crippen MR) is 260 cm³/mol. The average Bonchev–Trinajstić information content (AvgIpc) is 3.21. The number of hydrogen-bond acceptors (Lipinski definition) is 6. The van der Waals surface area contributed by atoms with Crippen LogP contribution in [-0.4, -0.2) is 68.5 Å². The third-order valence-corrected chi connectivity index (χ3v) is 10.7. The number of nitrogens with one attached hydrogen (secondary N) is 1. The Morgan fingerprint density at radius 3 is 1.52 bits per heavy atom. The van der Waals surface area contributed by atoms with Gasteiger partial charge in [-0.3, -0.25) is 9.36 Å². The smallest absolute Gasteiger partial charge is 0.268 e. The van der Waals surface area contributed by atoms with E-state index in [1.165, 1.54) is 44.9 Å². The standard InChI is InChI=1S/C52H89N2O6P/c1-6-8-10-12-14-16-18-19-20-21-22-23-24-25-26-27-28-29-30-31-32-33-34-35-36-38-40-42-44-46-52(56)53-50(49-60-61(57,58)59-48-47-54(3,4)5)51(55)45-43-41-39-37-17-15-13-11-9-7-2/h8,10,14,16-17,19-20,22-23,25-26,28-29,31-32,37,43,45,50-51,55H,6-7,9,11-13,15,18,21,24,27,30,33-36,38-42,44,46-49H2,1-5H3,(H-,53,56,57,58)/b10-8-,16-14-,20-19-,23-22-,26-25-,29-28-,32-31-,37-17+,45-43+. The first-order valence-electron chi connectivity index (χ1n) is 23.7. The van der Waals surface area contributed by atoms with E-state index in [4.69, 9.17) is 9.05 Å². The van der Waals surface area contributed by atoms with Crippen molar-refractivity contribution in [3.8, 4) is 0 Å². The molecule has 0 radical (unpaired) electrons. The van der Waals surface area contributed by atoms with Crippen molar-refractivity contribution in [2.24, 2.45) is 0 Å². The van der Waals surface area contributed by atoms with Gasteiger partial charge in [0.25, 0.3) is 7.82 Å². The third-order valence-electron chi connectivity index (χ3n) is 9.72. The molecule has 61 heavy (non-hydrogen) atoms. The van der Waals surface area contributed by atoms with Crippen LogP contribution in [0.3, 0.4) is 0 Å². The van der Waals surface area contributed by atoms with Crippen LogP contribution in [0.25, 0.3) is 0 Å². The number of hydrogen-bond donors (Lipinski definition) is 2. The van der Waals surface area contributed by atoms with Crippen molar-refractivity contribution in [3.05, 3.63) is 109 Å². The van der Waals surface area contributed by atoms with E-state index in [2.05, 4.69) is 116 Å². The van der Waals surface area contributed by atoms with Gasteiger partial charge >= 0.3 is 0 Å². The van der Waals surface area contributed by atoms with Crippen molar-refractivity contribution in [1.29, 1.82) is 0 Å². The molecule has 0 aromatic rings. The Labute approximate surface area is 374 Å². The van der Waals surface area contributed by atoms with Crippen LogP contribution in [0, 0.1) is 0 Å². The van der Waals surface area contributed by atoms with Crippen LogP contribution in [0.15, 0.2) is 109 Å². The zero-order valence-corrected chi connectivity index (χ0v) is 40.2. The van der Waals surface area contributed by atoms with Gasteiger partial charge in [0.2, 0.25) is 5.91 Å². The molecule has 8 nitrogen and oxygen atoms in total. The van der Waals surface area contributed by atoms with Gasteiger partial charge in [-0.25, -0.2) is 0 Å². The minimum atomic E-state index is -4.60. The number of allylic oxidation sites excluding steroid dienone is 17. The molecule has 0 aromatic carbocycles. The van der Waals surface area contributed by atoms with E-state index in [0.717, 1.165) is 96.3 Å². The summed E-state index contributed by atoms with van der Waals surface area (Å²) in [7, 11) is 1.21. The van der Waals surface area contributed by atoms with Gasteiger partial charge in [-0.05, 0) is 89.9 Å². The molecule has 0 aliphatic heterocycles. The van der Waals surface area contributed by atoms with Crippen LogP contribution in [0.4, 0.5) is 0 Å². The largest absolute Gasteiger partial charge is 0.756 e. The Hall–Kier alpha value is -2.84. The number of carbonyl (C=O) groups is 1. The second-order valence-corrected chi connectivity index (χ2v) is 18.1. The molecule has 1 amide bonds. The molecule has 3 unspecified atom stereocenters. The molecule has 9 heteroatoms. The monoisotopic (exact) mass is 869 g/mol. The van der Waals surface area contributed by atoms with Crippen molar-refractivity contribution in [3.63, 3.8) is 0 Å². The van der Waals surface area contributed by atoms with Crippen LogP contribution in [0.2, 0.25) is 0 Å². The highest BCUT2D eigenvalue weighted by atomic mass is 31.2. The van der Waals surface area contributed by atoms with Crippen molar-refractivity contribution >= 4 is 13.7 Å². The molecule has 0 bridgehead atoms. The molecule has 0 heterocycles. The summed E-state index contributed by atoms with van der Waals surface area (Å²) in [6.07, 6.45) is 61.5. The second-order valence-electron chi connectivity index (χ2n) is 16.7. The summed E-state index contributed by atoms with van der Waals surface area (Å²) in [4.78, 5) is 25.3.